The Morgan fingerprint density at radius 3 is 2.70 bits per heavy atom. The summed E-state index contributed by atoms with van der Waals surface area (Å²) in [6, 6.07) is 3.46. The van der Waals surface area contributed by atoms with Crippen molar-refractivity contribution >= 4 is 5.91 Å². The van der Waals surface area contributed by atoms with E-state index >= 15 is 0 Å². The average molecular weight is 372 g/mol. The molecule has 1 aliphatic rings. The Kier molecular flexibility index (Phi) is 6.05. The maximum Gasteiger partial charge on any atom is 0.255 e. The van der Waals surface area contributed by atoms with Gasteiger partial charge in [0.25, 0.3) is 5.91 Å². The van der Waals surface area contributed by atoms with E-state index in [0.717, 1.165) is 12.8 Å². The molecule has 1 unspecified atom stereocenters. The number of nitrogens with zero attached hydrogens (tertiary/aromatic N) is 4. The highest BCUT2D eigenvalue weighted by atomic mass is 16.5. The van der Waals surface area contributed by atoms with Crippen molar-refractivity contribution in [3.05, 3.63) is 36.3 Å². The van der Waals surface area contributed by atoms with Crippen LogP contribution < -0.4 is 14.2 Å². The van der Waals surface area contributed by atoms with Gasteiger partial charge in [-0.25, -0.2) is 4.98 Å². The predicted molar refractivity (Wildman–Crippen MR) is 98.1 cm³/mol. The molecule has 1 fully saturated rings. The van der Waals surface area contributed by atoms with E-state index in [1.165, 1.54) is 13.3 Å². The van der Waals surface area contributed by atoms with Crippen LogP contribution in [0.25, 0.3) is 0 Å². The van der Waals surface area contributed by atoms with Crippen molar-refractivity contribution in [3.63, 3.8) is 0 Å². The first-order chi connectivity index (χ1) is 13.0. The van der Waals surface area contributed by atoms with Gasteiger partial charge in [-0.15, -0.1) is 0 Å². The Morgan fingerprint density at radius 2 is 2.00 bits per heavy atom. The highest BCUT2D eigenvalue weighted by Crippen LogP contribution is 2.20. The number of rotatable bonds is 6. The molecule has 1 amide bonds. The lowest BCUT2D eigenvalue weighted by molar-refractivity contribution is 0.0525. The zero-order valence-corrected chi connectivity index (χ0v) is 15.8. The molecule has 8 heteroatoms. The topological polar surface area (TPSA) is 86.7 Å². The lowest BCUT2D eigenvalue weighted by Gasteiger charge is -2.32. The molecule has 0 saturated carbocycles. The number of carbonyl (C=O) groups is 1. The minimum atomic E-state index is -0.138. The number of ether oxygens (including phenoxy) is 3. The fraction of sp³-hybridized carbons (Fsp3) is 0.474. The van der Waals surface area contributed by atoms with Crippen LogP contribution in [-0.2, 0) is 0 Å². The Hall–Kier alpha value is -2.90. The number of piperidine rings is 1. The maximum atomic E-state index is 12.8. The van der Waals surface area contributed by atoms with Crippen molar-refractivity contribution in [2.45, 2.75) is 38.9 Å². The Balaban J connectivity index is 1.62. The van der Waals surface area contributed by atoms with Crippen LogP contribution in [0, 0.1) is 0 Å². The van der Waals surface area contributed by atoms with Crippen molar-refractivity contribution in [3.8, 4) is 17.6 Å². The normalized spacial score (nSPS) is 16.9. The van der Waals surface area contributed by atoms with Crippen LogP contribution in [0.2, 0.25) is 0 Å². The minimum absolute atomic E-state index is 0.0405. The van der Waals surface area contributed by atoms with Crippen LogP contribution in [0.15, 0.2) is 30.7 Å². The molecule has 0 N–H and O–H groups in total. The van der Waals surface area contributed by atoms with Crippen LogP contribution in [0.4, 0.5) is 0 Å². The van der Waals surface area contributed by atoms with Crippen LogP contribution in [0.5, 0.6) is 17.6 Å². The van der Waals surface area contributed by atoms with Crippen molar-refractivity contribution in [1.82, 2.24) is 19.9 Å². The second kappa shape index (κ2) is 8.66. The van der Waals surface area contributed by atoms with Gasteiger partial charge in [0.2, 0.25) is 17.6 Å². The molecular weight excluding hydrogens is 348 g/mol. The van der Waals surface area contributed by atoms with Gasteiger partial charge in [-0.2, -0.15) is 4.98 Å². The van der Waals surface area contributed by atoms with E-state index < -0.39 is 0 Å². The standard InChI is InChI=1S/C19H24N4O4/c1-13(2)26-16-7-6-14(9-21-16)19(24)23-8-4-5-15(12-23)27-18-11-20-10-17(22-18)25-3/h6-7,9-11,13,15H,4-5,8,12H2,1-3H3. The number of methoxy groups -OCH3 is 1. The van der Waals surface area contributed by atoms with Gasteiger partial charge in [0.1, 0.15) is 6.10 Å². The van der Waals surface area contributed by atoms with Gasteiger partial charge in [-0.1, -0.05) is 0 Å². The highest BCUT2D eigenvalue weighted by molar-refractivity contribution is 5.94. The first-order valence-electron chi connectivity index (χ1n) is 9.00. The molecule has 0 radical (unpaired) electrons. The van der Waals surface area contributed by atoms with E-state index in [0.29, 0.717) is 36.3 Å². The number of hydrogen-bond donors (Lipinski definition) is 0. The quantitative estimate of drug-likeness (QED) is 0.769. The van der Waals surface area contributed by atoms with Gasteiger partial charge in [0, 0.05) is 18.8 Å². The Morgan fingerprint density at radius 1 is 1.19 bits per heavy atom. The number of likely N-dealkylation sites (tertiary alicyclic amines) is 1. The molecule has 1 aliphatic heterocycles. The molecule has 0 aliphatic carbocycles. The minimum Gasteiger partial charge on any atom is -0.480 e. The average Bonchev–Trinajstić information content (AvgIpc) is 2.68. The third-order valence-corrected chi connectivity index (χ3v) is 4.09. The molecule has 0 spiro atoms. The van der Waals surface area contributed by atoms with E-state index in [4.69, 9.17) is 14.2 Å². The van der Waals surface area contributed by atoms with E-state index in [2.05, 4.69) is 15.0 Å². The summed E-state index contributed by atoms with van der Waals surface area (Å²) in [5, 5.41) is 0. The van der Waals surface area contributed by atoms with Crippen LogP contribution in [0.3, 0.4) is 0 Å². The van der Waals surface area contributed by atoms with Gasteiger partial charge >= 0.3 is 0 Å². The smallest absolute Gasteiger partial charge is 0.255 e. The summed E-state index contributed by atoms with van der Waals surface area (Å²) in [5.41, 5.74) is 0.535. The second-order valence-electron chi connectivity index (χ2n) is 6.58. The molecule has 3 heterocycles. The summed E-state index contributed by atoms with van der Waals surface area (Å²) in [6.45, 7) is 5.04. The fourth-order valence-corrected chi connectivity index (χ4v) is 2.88. The van der Waals surface area contributed by atoms with Crippen molar-refractivity contribution < 1.29 is 19.0 Å². The number of hydrogen-bond acceptors (Lipinski definition) is 7. The van der Waals surface area contributed by atoms with Gasteiger partial charge in [0.05, 0.1) is 37.7 Å². The highest BCUT2D eigenvalue weighted by Gasteiger charge is 2.26. The summed E-state index contributed by atoms with van der Waals surface area (Å²) in [7, 11) is 1.53. The molecular formula is C19H24N4O4. The summed E-state index contributed by atoms with van der Waals surface area (Å²) < 4.78 is 16.5. The van der Waals surface area contributed by atoms with E-state index in [-0.39, 0.29) is 18.1 Å². The fourth-order valence-electron chi connectivity index (χ4n) is 2.88. The van der Waals surface area contributed by atoms with Gasteiger partial charge in [-0.3, -0.25) is 9.78 Å². The SMILES string of the molecule is COc1cncc(OC2CCCN(C(=O)c3ccc(OC(C)C)nc3)C2)n1. The van der Waals surface area contributed by atoms with E-state index in [9.17, 15) is 4.79 Å². The third-order valence-electron chi connectivity index (χ3n) is 4.09. The predicted octanol–water partition coefficient (Wildman–Crippen LogP) is 2.35. The van der Waals surface area contributed by atoms with Crippen molar-refractivity contribution in [2.75, 3.05) is 20.2 Å². The lowest BCUT2D eigenvalue weighted by Crippen LogP contribution is -2.44. The molecule has 0 aromatic carbocycles. The largest absolute Gasteiger partial charge is 0.480 e. The first kappa shape index (κ1) is 18.9. The van der Waals surface area contributed by atoms with Crippen LogP contribution in [0.1, 0.15) is 37.0 Å². The lowest BCUT2D eigenvalue weighted by atomic mass is 10.1. The van der Waals surface area contributed by atoms with Gasteiger partial charge in [0.15, 0.2) is 0 Å². The second-order valence-corrected chi connectivity index (χ2v) is 6.58. The number of amides is 1. The molecule has 2 aromatic heterocycles. The third kappa shape index (κ3) is 5.06. The van der Waals surface area contributed by atoms with Crippen molar-refractivity contribution in [1.29, 1.82) is 0 Å². The number of pyridine rings is 1. The molecule has 1 saturated heterocycles. The zero-order chi connectivity index (χ0) is 19.2. The molecule has 8 nitrogen and oxygen atoms in total. The van der Waals surface area contributed by atoms with Crippen molar-refractivity contribution in [2.24, 2.45) is 0 Å². The van der Waals surface area contributed by atoms with E-state index in [1.807, 2.05) is 13.8 Å². The Labute approximate surface area is 158 Å². The van der Waals surface area contributed by atoms with Gasteiger partial charge < -0.3 is 19.1 Å². The zero-order valence-electron chi connectivity index (χ0n) is 15.8. The summed E-state index contributed by atoms with van der Waals surface area (Å²) >= 11 is 0. The van der Waals surface area contributed by atoms with Crippen LogP contribution >= 0.6 is 0 Å². The molecule has 144 valence electrons. The molecule has 0 bridgehead atoms. The molecule has 1 atom stereocenters. The number of carbonyl (C=O) groups excluding carboxylic acids is 1. The van der Waals surface area contributed by atoms with E-state index in [1.54, 1.807) is 29.4 Å². The molecule has 3 rings (SSSR count). The van der Waals surface area contributed by atoms with Gasteiger partial charge in [-0.05, 0) is 32.8 Å². The summed E-state index contributed by atoms with van der Waals surface area (Å²) in [4.78, 5) is 27.0. The number of aromatic nitrogens is 3. The summed E-state index contributed by atoms with van der Waals surface area (Å²) in [6.07, 6.45) is 6.22. The van der Waals surface area contributed by atoms with Crippen LogP contribution in [-0.4, -0.2) is 58.2 Å². The maximum absolute atomic E-state index is 12.8. The monoisotopic (exact) mass is 372 g/mol. The molecule has 27 heavy (non-hydrogen) atoms. The Bertz CT molecular complexity index is 767. The molecule has 2 aromatic rings. The first-order valence-corrected chi connectivity index (χ1v) is 9.00. The summed E-state index contributed by atoms with van der Waals surface area (Å²) in [5.74, 6) is 1.23.